The van der Waals surface area contributed by atoms with E-state index in [1.165, 1.54) is 89.9 Å². The Kier molecular flexibility index (Phi) is 62.0. The van der Waals surface area contributed by atoms with Gasteiger partial charge in [-0.1, -0.05) is 246 Å². The van der Waals surface area contributed by atoms with Crippen LogP contribution in [0, 0.1) is 0 Å². The second kappa shape index (κ2) is 64.6. The van der Waals surface area contributed by atoms with E-state index in [1.807, 2.05) is 0 Å². The highest BCUT2D eigenvalue weighted by Gasteiger charge is 2.29. The molecule has 0 aromatic rings. The molecule has 0 bridgehead atoms. The summed E-state index contributed by atoms with van der Waals surface area (Å²) < 4.78 is 60.8. The summed E-state index contributed by atoms with van der Waals surface area (Å²) in [6.45, 7) is 2.56. The first kappa shape index (κ1) is 85.5. The first-order valence-corrected chi connectivity index (χ1v) is 37.5. The fourth-order valence-corrected chi connectivity index (χ4v) is 10.5. The lowest BCUT2D eigenvalue weighted by Crippen LogP contribution is -2.30. The Balaban J connectivity index is 4.62. The fraction of sp³-hybridized carbons (Fsp3) is 0.732. The molecule has 514 valence electrons. The molecule has 4 N–H and O–H groups in total. The van der Waals surface area contributed by atoms with Crippen molar-refractivity contribution in [2.45, 2.75) is 296 Å². The zero-order chi connectivity index (χ0) is 65.3. The van der Waals surface area contributed by atoms with Crippen LogP contribution in [0.4, 0.5) is 0 Å². The third kappa shape index (κ3) is 65.8. The van der Waals surface area contributed by atoms with Gasteiger partial charge in [0.05, 0.1) is 26.4 Å². The molecule has 5 unspecified atom stereocenters. The van der Waals surface area contributed by atoms with E-state index < -0.39 is 91.5 Å². The highest BCUT2D eigenvalue weighted by molar-refractivity contribution is 7.47. The standard InChI is InChI=1S/C71H124O16P2/c1-4-7-10-13-16-19-22-24-26-28-30-32-34-36-38-40-43-45-48-51-54-57-69(74)81-60-66(72)61-83-88(77,78)84-62-67(73)63-85-89(79,80)86-65-68(87-71(76)59-56-53-50-47-42-21-18-15-12-9-6-3)64-82-70(75)58-55-52-49-46-44-41-39-37-35-33-31-29-27-25-23-20-17-14-11-8-5-2/h16-17,19-20,24-27,30-33,36-39,66-68,72-73H,4-15,18,21-23,28-29,34-35,40-65H2,1-3H3,(H,77,78)(H,79,80)/b19-16-,20-17-,26-24-,27-25-,32-30-,33-31-,38-36-,39-37-. The Hall–Kier alpha value is -3.53. The van der Waals surface area contributed by atoms with E-state index in [-0.39, 0.29) is 19.3 Å². The van der Waals surface area contributed by atoms with Crippen molar-refractivity contribution in [3.05, 3.63) is 97.2 Å². The molecule has 0 amide bonds. The average molecular weight is 1300 g/mol. The molecular weight excluding hydrogens is 1170 g/mol. The summed E-state index contributed by atoms with van der Waals surface area (Å²) in [5.41, 5.74) is 0. The first-order valence-electron chi connectivity index (χ1n) is 34.5. The van der Waals surface area contributed by atoms with E-state index in [0.29, 0.717) is 19.3 Å². The smallest absolute Gasteiger partial charge is 0.463 e. The average Bonchev–Trinajstić information content (AvgIpc) is 3.64. The molecule has 0 rings (SSSR count). The highest BCUT2D eigenvalue weighted by Crippen LogP contribution is 2.45. The van der Waals surface area contributed by atoms with Crippen LogP contribution in [-0.4, -0.2) is 95.9 Å². The van der Waals surface area contributed by atoms with Crippen molar-refractivity contribution in [2.75, 3.05) is 39.6 Å². The minimum Gasteiger partial charge on any atom is -0.463 e. The SMILES string of the molecule is CCCCC/C=C\C/C=C\C/C=C\C/C=C\CCCCCCCC(=O)OCC(O)COP(=O)(O)OCC(O)COP(=O)(O)OCC(COC(=O)CCCCCCC/C=C\C/C=C\C/C=C\C/C=C\CCCCC)OC(=O)CCCCCCCCCCCCC. The molecule has 0 aliphatic carbocycles. The number of aliphatic hydroxyl groups is 2. The Labute approximate surface area is 539 Å². The lowest BCUT2D eigenvalue weighted by Gasteiger charge is -2.21. The molecule has 5 atom stereocenters. The van der Waals surface area contributed by atoms with Crippen LogP contribution >= 0.6 is 15.6 Å². The van der Waals surface area contributed by atoms with Gasteiger partial charge < -0.3 is 34.2 Å². The number of ether oxygens (including phenoxy) is 3. The maximum Gasteiger partial charge on any atom is 0.472 e. The molecule has 0 fully saturated rings. The van der Waals surface area contributed by atoms with Crippen LogP contribution in [0.25, 0.3) is 0 Å². The van der Waals surface area contributed by atoms with Gasteiger partial charge in [-0.05, 0) is 109 Å². The highest BCUT2D eigenvalue weighted by atomic mass is 31.2. The maximum atomic E-state index is 12.9. The summed E-state index contributed by atoms with van der Waals surface area (Å²) in [6.07, 6.45) is 70.3. The number of phosphoric ester groups is 2. The number of carbonyl (C=O) groups excluding carboxylic acids is 3. The largest absolute Gasteiger partial charge is 0.472 e. The predicted octanol–water partition coefficient (Wildman–Crippen LogP) is 19.1. The van der Waals surface area contributed by atoms with E-state index >= 15 is 0 Å². The van der Waals surface area contributed by atoms with Crippen molar-refractivity contribution < 1.29 is 75.8 Å². The van der Waals surface area contributed by atoms with Crippen molar-refractivity contribution >= 4 is 33.6 Å². The van der Waals surface area contributed by atoms with E-state index in [0.717, 1.165) is 128 Å². The van der Waals surface area contributed by atoms with Gasteiger partial charge in [0.1, 0.15) is 25.4 Å². The van der Waals surface area contributed by atoms with Gasteiger partial charge in [0, 0.05) is 19.3 Å². The van der Waals surface area contributed by atoms with Gasteiger partial charge in [-0.2, -0.15) is 0 Å². The summed E-state index contributed by atoms with van der Waals surface area (Å²) in [5.74, 6) is -1.61. The van der Waals surface area contributed by atoms with Crippen LogP contribution in [-0.2, 0) is 55.8 Å². The lowest BCUT2D eigenvalue weighted by atomic mass is 10.1. The van der Waals surface area contributed by atoms with E-state index in [1.54, 1.807) is 0 Å². The van der Waals surface area contributed by atoms with Gasteiger partial charge in [0.15, 0.2) is 6.10 Å². The third-order valence-corrected chi connectivity index (χ3v) is 16.2. The molecule has 0 aromatic heterocycles. The molecule has 0 aromatic carbocycles. The quantitative estimate of drug-likeness (QED) is 0.0146. The zero-order valence-electron chi connectivity index (χ0n) is 55.6. The maximum absolute atomic E-state index is 12.9. The normalized spacial score (nSPS) is 14.8. The molecule has 0 saturated heterocycles. The van der Waals surface area contributed by atoms with E-state index in [2.05, 4.69) is 118 Å². The number of carbonyl (C=O) groups is 3. The molecule has 0 heterocycles. The number of esters is 3. The molecule has 89 heavy (non-hydrogen) atoms. The number of rotatable bonds is 65. The minimum atomic E-state index is -4.93. The summed E-state index contributed by atoms with van der Waals surface area (Å²) in [5, 5.41) is 20.5. The van der Waals surface area contributed by atoms with E-state index in [9.17, 15) is 43.5 Å². The molecule has 0 spiro atoms. The Morgan fingerprint density at radius 3 is 0.910 bits per heavy atom. The number of phosphoric acid groups is 2. The van der Waals surface area contributed by atoms with Gasteiger partial charge >= 0.3 is 33.6 Å². The molecule has 0 saturated carbocycles. The minimum absolute atomic E-state index is 0.101. The van der Waals surface area contributed by atoms with Gasteiger partial charge in [0.25, 0.3) is 0 Å². The van der Waals surface area contributed by atoms with Crippen molar-refractivity contribution in [1.29, 1.82) is 0 Å². The number of aliphatic hydroxyl groups excluding tert-OH is 2. The molecule has 0 radical (unpaired) electrons. The molecule has 0 aliphatic heterocycles. The molecule has 18 heteroatoms. The molecular formula is C71H124O16P2. The van der Waals surface area contributed by atoms with Crippen LogP contribution in [0.5, 0.6) is 0 Å². The number of unbranched alkanes of at least 4 members (excludes halogenated alkanes) is 26. The van der Waals surface area contributed by atoms with Crippen molar-refractivity contribution in [2.24, 2.45) is 0 Å². The van der Waals surface area contributed by atoms with E-state index in [4.69, 9.17) is 32.3 Å². The second-order valence-electron chi connectivity index (χ2n) is 23.0. The summed E-state index contributed by atoms with van der Waals surface area (Å²) in [7, 11) is -9.78. The first-order chi connectivity index (χ1) is 43.2. The monoisotopic (exact) mass is 1290 g/mol. The third-order valence-electron chi connectivity index (χ3n) is 14.3. The number of allylic oxidation sites excluding steroid dienone is 16. The van der Waals surface area contributed by atoms with Crippen LogP contribution in [0.2, 0.25) is 0 Å². The zero-order valence-corrected chi connectivity index (χ0v) is 57.4. The number of hydrogen-bond donors (Lipinski definition) is 4. The second-order valence-corrected chi connectivity index (χ2v) is 25.9. The van der Waals surface area contributed by atoms with Crippen LogP contribution < -0.4 is 0 Å². The van der Waals surface area contributed by atoms with Crippen LogP contribution in [0.3, 0.4) is 0 Å². The molecule has 16 nitrogen and oxygen atoms in total. The summed E-state index contributed by atoms with van der Waals surface area (Å²) in [4.78, 5) is 58.3. The van der Waals surface area contributed by atoms with Gasteiger partial charge in [-0.3, -0.25) is 32.5 Å². The Bertz CT molecular complexity index is 2010. The summed E-state index contributed by atoms with van der Waals surface area (Å²) >= 11 is 0. The molecule has 0 aliphatic rings. The fourth-order valence-electron chi connectivity index (χ4n) is 8.95. The lowest BCUT2D eigenvalue weighted by molar-refractivity contribution is -0.161. The van der Waals surface area contributed by atoms with Gasteiger partial charge in [0.2, 0.25) is 0 Å². The predicted molar refractivity (Wildman–Crippen MR) is 362 cm³/mol. The Morgan fingerprint density at radius 1 is 0.315 bits per heavy atom. The van der Waals surface area contributed by atoms with Crippen molar-refractivity contribution in [3.8, 4) is 0 Å². The van der Waals surface area contributed by atoms with Gasteiger partial charge in [-0.25, -0.2) is 9.13 Å². The summed E-state index contributed by atoms with van der Waals surface area (Å²) in [6, 6.07) is 0. The van der Waals surface area contributed by atoms with Crippen molar-refractivity contribution in [1.82, 2.24) is 0 Å². The van der Waals surface area contributed by atoms with Crippen LogP contribution in [0.1, 0.15) is 278 Å². The number of hydrogen-bond acceptors (Lipinski definition) is 14. The van der Waals surface area contributed by atoms with Crippen molar-refractivity contribution in [3.63, 3.8) is 0 Å². The van der Waals surface area contributed by atoms with Crippen LogP contribution in [0.15, 0.2) is 97.2 Å². The van der Waals surface area contributed by atoms with Gasteiger partial charge in [-0.15, -0.1) is 0 Å². The Morgan fingerprint density at radius 2 is 0.562 bits per heavy atom. The topological polar surface area (TPSA) is 231 Å².